The molecule has 0 radical (unpaired) electrons. The minimum atomic E-state index is -3.13. The summed E-state index contributed by atoms with van der Waals surface area (Å²) in [5.74, 6) is 1.04. The van der Waals surface area contributed by atoms with Gasteiger partial charge in [-0.2, -0.15) is 0 Å². The summed E-state index contributed by atoms with van der Waals surface area (Å²) in [5, 5.41) is 3.26. The number of rotatable bonds is 9. The second kappa shape index (κ2) is 8.39. The van der Waals surface area contributed by atoms with Gasteiger partial charge in [-0.05, 0) is 17.4 Å². The van der Waals surface area contributed by atoms with Gasteiger partial charge in [0.05, 0.1) is 5.75 Å². The van der Waals surface area contributed by atoms with Crippen molar-refractivity contribution in [3.63, 3.8) is 0 Å². The van der Waals surface area contributed by atoms with E-state index in [0.29, 0.717) is 24.9 Å². The fraction of sp³-hybridized carbons (Fsp3) is 0.600. The zero-order chi connectivity index (χ0) is 15.0. The molecule has 114 valence electrons. The maximum absolute atomic E-state index is 11.5. The average Bonchev–Trinajstić information content (AvgIpc) is 2.39. The van der Waals surface area contributed by atoms with Gasteiger partial charge in [-0.15, -0.1) is 0 Å². The van der Waals surface area contributed by atoms with Crippen LogP contribution in [0, 0.1) is 5.92 Å². The lowest BCUT2D eigenvalue weighted by Gasteiger charge is -2.22. The van der Waals surface area contributed by atoms with E-state index in [1.165, 1.54) is 5.56 Å². The molecule has 1 aromatic carbocycles. The van der Waals surface area contributed by atoms with Gasteiger partial charge < -0.3 is 5.32 Å². The zero-order valence-corrected chi connectivity index (χ0v) is 13.4. The van der Waals surface area contributed by atoms with E-state index in [1.807, 2.05) is 18.2 Å². The van der Waals surface area contributed by atoms with Crippen LogP contribution in [0.4, 0.5) is 0 Å². The van der Waals surface area contributed by atoms with Crippen LogP contribution in [0.3, 0.4) is 0 Å². The SMILES string of the molecule is CCNS(=O)(=O)CCNCC(c1ccccc1)C(C)C. The molecule has 1 rings (SSSR count). The monoisotopic (exact) mass is 298 g/mol. The predicted molar refractivity (Wildman–Crippen MR) is 84.4 cm³/mol. The van der Waals surface area contributed by atoms with Crippen LogP contribution in [0.25, 0.3) is 0 Å². The van der Waals surface area contributed by atoms with E-state index in [1.54, 1.807) is 6.92 Å². The molecule has 1 atom stereocenters. The Bertz CT molecular complexity index is 472. The van der Waals surface area contributed by atoms with Crippen molar-refractivity contribution in [3.05, 3.63) is 35.9 Å². The molecule has 0 amide bonds. The lowest BCUT2D eigenvalue weighted by molar-refractivity contribution is 0.467. The van der Waals surface area contributed by atoms with Crippen molar-refractivity contribution in [1.82, 2.24) is 10.0 Å². The maximum atomic E-state index is 11.5. The highest BCUT2D eigenvalue weighted by Crippen LogP contribution is 2.23. The van der Waals surface area contributed by atoms with Gasteiger partial charge in [-0.1, -0.05) is 51.1 Å². The van der Waals surface area contributed by atoms with Crippen LogP contribution in [0.2, 0.25) is 0 Å². The molecule has 5 heteroatoms. The van der Waals surface area contributed by atoms with E-state index in [9.17, 15) is 8.42 Å². The van der Waals surface area contributed by atoms with E-state index in [0.717, 1.165) is 6.54 Å². The van der Waals surface area contributed by atoms with Crippen molar-refractivity contribution in [2.45, 2.75) is 26.7 Å². The molecule has 1 unspecified atom stereocenters. The fourth-order valence-corrected chi connectivity index (χ4v) is 3.19. The molecule has 0 aliphatic rings. The van der Waals surface area contributed by atoms with Crippen LogP contribution in [-0.2, 0) is 10.0 Å². The molecule has 0 spiro atoms. The highest BCUT2D eigenvalue weighted by molar-refractivity contribution is 7.89. The van der Waals surface area contributed by atoms with Crippen LogP contribution in [-0.4, -0.2) is 33.8 Å². The first-order valence-corrected chi connectivity index (χ1v) is 8.84. The van der Waals surface area contributed by atoms with Gasteiger partial charge in [-0.3, -0.25) is 0 Å². The summed E-state index contributed by atoms with van der Waals surface area (Å²) in [7, 11) is -3.13. The van der Waals surface area contributed by atoms with Crippen molar-refractivity contribution in [2.75, 3.05) is 25.4 Å². The van der Waals surface area contributed by atoms with Gasteiger partial charge in [0.15, 0.2) is 0 Å². The average molecular weight is 298 g/mol. The number of sulfonamides is 1. The van der Waals surface area contributed by atoms with Crippen molar-refractivity contribution in [2.24, 2.45) is 5.92 Å². The topological polar surface area (TPSA) is 58.2 Å². The third kappa shape index (κ3) is 6.03. The first kappa shape index (κ1) is 17.1. The summed E-state index contributed by atoms with van der Waals surface area (Å²) in [6.45, 7) is 7.88. The standard InChI is InChI=1S/C15H26N2O2S/c1-4-17-20(18,19)11-10-16-12-15(13(2)3)14-8-6-5-7-9-14/h5-9,13,15-17H,4,10-12H2,1-3H3. The van der Waals surface area contributed by atoms with E-state index in [2.05, 4.69) is 36.0 Å². The number of nitrogens with one attached hydrogen (secondary N) is 2. The summed E-state index contributed by atoms with van der Waals surface area (Å²) >= 11 is 0. The van der Waals surface area contributed by atoms with Gasteiger partial charge >= 0.3 is 0 Å². The Morgan fingerprint density at radius 2 is 1.80 bits per heavy atom. The van der Waals surface area contributed by atoms with Gasteiger partial charge in [0, 0.05) is 19.6 Å². The minimum Gasteiger partial charge on any atom is -0.315 e. The van der Waals surface area contributed by atoms with Crippen LogP contribution in [0.5, 0.6) is 0 Å². The zero-order valence-electron chi connectivity index (χ0n) is 12.6. The quantitative estimate of drug-likeness (QED) is 0.685. The Hall–Kier alpha value is -0.910. The van der Waals surface area contributed by atoms with Gasteiger partial charge in [0.2, 0.25) is 10.0 Å². The summed E-state index contributed by atoms with van der Waals surface area (Å²) in [6, 6.07) is 10.3. The van der Waals surface area contributed by atoms with Gasteiger partial charge in [0.25, 0.3) is 0 Å². The lowest BCUT2D eigenvalue weighted by Crippen LogP contribution is -2.34. The molecule has 0 heterocycles. The molecule has 0 saturated heterocycles. The second-order valence-corrected chi connectivity index (χ2v) is 7.21. The van der Waals surface area contributed by atoms with Crippen molar-refractivity contribution in [3.8, 4) is 0 Å². The molecule has 0 aliphatic carbocycles. The summed E-state index contributed by atoms with van der Waals surface area (Å²) in [5.41, 5.74) is 1.30. The smallest absolute Gasteiger partial charge is 0.212 e. The van der Waals surface area contributed by atoms with E-state index in [4.69, 9.17) is 0 Å². The Labute approximate surface area is 123 Å². The summed E-state index contributed by atoms with van der Waals surface area (Å²) in [4.78, 5) is 0. The normalized spacial score (nSPS) is 13.6. The highest BCUT2D eigenvalue weighted by Gasteiger charge is 2.15. The molecule has 1 aromatic rings. The Morgan fingerprint density at radius 1 is 1.15 bits per heavy atom. The van der Waals surface area contributed by atoms with E-state index >= 15 is 0 Å². The largest absolute Gasteiger partial charge is 0.315 e. The molecule has 0 saturated carbocycles. The van der Waals surface area contributed by atoms with E-state index < -0.39 is 10.0 Å². The van der Waals surface area contributed by atoms with Crippen molar-refractivity contribution >= 4 is 10.0 Å². The first-order valence-electron chi connectivity index (χ1n) is 7.19. The van der Waals surface area contributed by atoms with Crippen LogP contribution in [0.1, 0.15) is 32.3 Å². The molecule has 20 heavy (non-hydrogen) atoms. The lowest BCUT2D eigenvalue weighted by atomic mass is 9.88. The number of hydrogen-bond donors (Lipinski definition) is 2. The molecular formula is C15H26N2O2S. The fourth-order valence-electron chi connectivity index (χ4n) is 2.19. The summed E-state index contributed by atoms with van der Waals surface area (Å²) in [6.07, 6.45) is 0. The maximum Gasteiger partial charge on any atom is 0.212 e. The third-order valence-corrected chi connectivity index (χ3v) is 4.78. The third-order valence-electron chi connectivity index (χ3n) is 3.31. The van der Waals surface area contributed by atoms with Crippen LogP contribution in [0.15, 0.2) is 30.3 Å². The Kier molecular flexibility index (Phi) is 7.19. The highest BCUT2D eigenvalue weighted by atomic mass is 32.2. The molecule has 2 N–H and O–H groups in total. The summed E-state index contributed by atoms with van der Waals surface area (Å²) < 4.78 is 25.6. The molecule has 0 bridgehead atoms. The van der Waals surface area contributed by atoms with E-state index in [-0.39, 0.29) is 5.75 Å². The van der Waals surface area contributed by atoms with Crippen LogP contribution >= 0.6 is 0 Å². The van der Waals surface area contributed by atoms with Gasteiger partial charge in [0.1, 0.15) is 0 Å². The molecule has 4 nitrogen and oxygen atoms in total. The molecule has 0 aromatic heterocycles. The molecular weight excluding hydrogens is 272 g/mol. The Balaban J connectivity index is 2.46. The Morgan fingerprint density at radius 3 is 2.35 bits per heavy atom. The molecule has 0 fully saturated rings. The van der Waals surface area contributed by atoms with Crippen LogP contribution < -0.4 is 10.0 Å². The minimum absolute atomic E-state index is 0.125. The van der Waals surface area contributed by atoms with Crippen molar-refractivity contribution in [1.29, 1.82) is 0 Å². The number of hydrogen-bond acceptors (Lipinski definition) is 3. The van der Waals surface area contributed by atoms with Gasteiger partial charge in [-0.25, -0.2) is 13.1 Å². The molecule has 0 aliphatic heterocycles. The number of benzene rings is 1. The first-order chi connectivity index (χ1) is 9.46. The second-order valence-electron chi connectivity index (χ2n) is 5.28. The van der Waals surface area contributed by atoms with Crippen molar-refractivity contribution < 1.29 is 8.42 Å². The predicted octanol–water partition coefficient (Wildman–Crippen LogP) is 1.96.